The average Bonchev–Trinajstić information content (AvgIpc) is 2.74. The Bertz CT molecular complexity index is 885. The zero-order valence-electron chi connectivity index (χ0n) is 18.3. The third kappa shape index (κ3) is 14.1. The summed E-state index contributed by atoms with van der Waals surface area (Å²) in [5.74, 6) is 0. The van der Waals surface area contributed by atoms with Crippen LogP contribution in [0, 0.1) is 0 Å². The van der Waals surface area contributed by atoms with E-state index in [2.05, 4.69) is 18.3 Å². The van der Waals surface area contributed by atoms with E-state index in [0.29, 0.717) is 0 Å². The van der Waals surface area contributed by atoms with E-state index in [9.17, 15) is 44.2 Å². The van der Waals surface area contributed by atoms with Gasteiger partial charge in [-0.3, -0.25) is 9.11 Å². The number of ether oxygens (including phenoxy) is 3. The average molecular weight is 667 g/mol. The molecule has 0 heterocycles. The molecule has 0 radical (unpaired) electrons. The van der Waals surface area contributed by atoms with Crippen molar-refractivity contribution in [1.29, 1.82) is 0 Å². The fourth-order valence-electron chi connectivity index (χ4n) is 2.87. The molecule has 0 spiro atoms. The molecule has 222 valence electrons. The SMILES string of the molecule is COCCOCCOC1C(OS(=O)(=O)O)[C@H](OP=S(O)O)C(OOO)C(OP=S(O)O)[C@@H]1OS(=O)(=O)O. The van der Waals surface area contributed by atoms with Crippen LogP contribution >= 0.6 is 15.2 Å². The summed E-state index contributed by atoms with van der Waals surface area (Å²) in [6.07, 6.45) is -12.4. The van der Waals surface area contributed by atoms with E-state index in [4.69, 9.17) is 28.5 Å². The molecule has 0 amide bonds. The summed E-state index contributed by atoms with van der Waals surface area (Å²) in [5.41, 5.74) is 0. The van der Waals surface area contributed by atoms with E-state index >= 15 is 0 Å². The first-order valence-corrected chi connectivity index (χ1v) is 17.0. The van der Waals surface area contributed by atoms with Crippen molar-refractivity contribution in [3.05, 3.63) is 0 Å². The summed E-state index contributed by atoms with van der Waals surface area (Å²) in [5, 5.41) is 12.4. The lowest BCUT2D eigenvalue weighted by molar-refractivity contribution is -0.520. The predicted molar refractivity (Wildman–Crippen MR) is 123 cm³/mol. The molecule has 0 bridgehead atoms. The lowest BCUT2D eigenvalue weighted by Gasteiger charge is -2.45. The highest BCUT2D eigenvalue weighted by Gasteiger charge is 2.58. The largest absolute Gasteiger partial charge is 0.397 e. The smallest absolute Gasteiger partial charge is 0.382 e. The van der Waals surface area contributed by atoms with Crippen LogP contribution in [-0.4, -0.2) is 120 Å². The van der Waals surface area contributed by atoms with Gasteiger partial charge in [-0.05, 0) is 0 Å². The minimum absolute atomic E-state index is 0.0873. The van der Waals surface area contributed by atoms with Crippen molar-refractivity contribution in [3.63, 3.8) is 0 Å². The summed E-state index contributed by atoms with van der Waals surface area (Å²) in [6.45, 7) is -0.385. The topological polar surface area (TPSA) is 293 Å². The van der Waals surface area contributed by atoms with Gasteiger partial charge in [-0.15, -0.1) is 0 Å². The second-order valence-electron chi connectivity index (χ2n) is 6.33. The van der Waals surface area contributed by atoms with Crippen LogP contribution in [0.4, 0.5) is 0 Å². The molecule has 1 fully saturated rings. The lowest BCUT2D eigenvalue weighted by atomic mass is 9.85. The Labute approximate surface area is 218 Å². The van der Waals surface area contributed by atoms with Crippen LogP contribution < -0.4 is 0 Å². The highest BCUT2D eigenvalue weighted by molar-refractivity contribution is 8.12. The predicted octanol–water partition coefficient (Wildman–Crippen LogP) is -0.335. The molecule has 1 rings (SSSR count). The molecule has 0 saturated heterocycles. The molecule has 20 nitrogen and oxygen atoms in total. The van der Waals surface area contributed by atoms with E-state index in [1.54, 1.807) is 0 Å². The molecule has 1 aliphatic rings. The van der Waals surface area contributed by atoms with Gasteiger partial charge >= 0.3 is 20.8 Å². The van der Waals surface area contributed by atoms with Gasteiger partial charge in [0.1, 0.15) is 67.0 Å². The quantitative estimate of drug-likeness (QED) is 0.0343. The number of hydrogen-bond acceptors (Lipinski definition) is 14. The van der Waals surface area contributed by atoms with E-state index in [1.165, 1.54) is 7.11 Å². The van der Waals surface area contributed by atoms with Crippen molar-refractivity contribution in [2.75, 3.05) is 33.5 Å². The van der Waals surface area contributed by atoms with Crippen LogP contribution in [0.5, 0.6) is 0 Å². The first-order chi connectivity index (χ1) is 17.2. The Hall–Kier alpha value is 0.560. The second kappa shape index (κ2) is 17.4. The number of methoxy groups -OCH3 is 1. The van der Waals surface area contributed by atoms with E-state index in [-0.39, 0.29) is 19.8 Å². The molecule has 4 unspecified atom stereocenters. The van der Waals surface area contributed by atoms with E-state index in [1.807, 2.05) is 0 Å². The van der Waals surface area contributed by atoms with Gasteiger partial charge in [0.25, 0.3) is 0 Å². The highest BCUT2D eigenvalue weighted by atomic mass is 32.5. The van der Waals surface area contributed by atoms with Crippen molar-refractivity contribution in [2.45, 2.75) is 36.6 Å². The van der Waals surface area contributed by atoms with Crippen LogP contribution in [0.2, 0.25) is 0 Å². The Morgan fingerprint density at radius 2 is 1.16 bits per heavy atom. The first-order valence-electron chi connectivity index (χ1n) is 9.15. The maximum Gasteiger partial charge on any atom is 0.397 e. The fraction of sp³-hybridized carbons (Fsp3) is 1.00. The first kappa shape index (κ1) is 35.6. The van der Waals surface area contributed by atoms with Crippen molar-refractivity contribution < 1.29 is 91.0 Å². The minimum Gasteiger partial charge on any atom is -0.382 e. The van der Waals surface area contributed by atoms with Gasteiger partial charge in [0.15, 0.2) is 6.10 Å². The van der Waals surface area contributed by atoms with Crippen LogP contribution in [-0.2, 0) is 83.6 Å². The van der Waals surface area contributed by atoms with Gasteiger partial charge in [0.05, 0.1) is 26.4 Å². The number of rotatable bonds is 17. The number of hydrogen-bond donors (Lipinski definition) is 7. The summed E-state index contributed by atoms with van der Waals surface area (Å²) in [6, 6.07) is 0. The van der Waals surface area contributed by atoms with Crippen molar-refractivity contribution >= 4 is 57.2 Å². The van der Waals surface area contributed by atoms with Gasteiger partial charge in [-0.1, -0.05) is 5.04 Å². The fourth-order valence-corrected chi connectivity index (χ4v) is 5.76. The van der Waals surface area contributed by atoms with Crippen LogP contribution in [0.15, 0.2) is 0 Å². The maximum absolute atomic E-state index is 11.6. The van der Waals surface area contributed by atoms with Gasteiger partial charge in [0, 0.05) is 7.11 Å². The van der Waals surface area contributed by atoms with Crippen molar-refractivity contribution in [2.24, 2.45) is 0 Å². The Balaban J connectivity index is 3.61. The lowest BCUT2D eigenvalue weighted by Crippen LogP contribution is -2.67. The molecular weight excluding hydrogens is 642 g/mol. The van der Waals surface area contributed by atoms with Crippen molar-refractivity contribution in [1.82, 2.24) is 0 Å². The summed E-state index contributed by atoms with van der Waals surface area (Å²) in [7, 11) is -15.7. The molecule has 0 aromatic heterocycles. The second-order valence-corrected chi connectivity index (χ2v) is 13.0. The molecular formula is C11H24O20P2S4. The van der Waals surface area contributed by atoms with Gasteiger partial charge in [-0.2, -0.15) is 21.7 Å². The van der Waals surface area contributed by atoms with Gasteiger partial charge in [0.2, 0.25) is 0 Å². The Morgan fingerprint density at radius 3 is 1.54 bits per heavy atom. The van der Waals surface area contributed by atoms with Crippen LogP contribution in [0.1, 0.15) is 0 Å². The van der Waals surface area contributed by atoms with Crippen LogP contribution in [0.3, 0.4) is 0 Å². The monoisotopic (exact) mass is 666 g/mol. The van der Waals surface area contributed by atoms with Crippen molar-refractivity contribution in [3.8, 4) is 0 Å². The molecule has 0 aliphatic heterocycles. The molecule has 0 aromatic rings. The normalized spacial score (nSPS) is 27.5. The molecule has 0 aromatic carbocycles. The zero-order valence-corrected chi connectivity index (χ0v) is 23.3. The highest BCUT2D eigenvalue weighted by Crippen LogP contribution is 2.38. The standard InChI is InChI=1S/C11H24O20P2S4/c1-23-2-3-24-4-5-25-6-10(29-36(17,18)19)8(27-32-34(13)14)7(26-31-12)9(28-33-35(15)16)11(6)30-37(20,21)22/h6-16H,2-5H2,1H3,(H,17,18,19)(H,20,21,22)/t6?,7?,8-,9?,10?,11-/m1/s1. The third-order valence-corrected chi connectivity index (χ3v) is 7.17. The van der Waals surface area contributed by atoms with Gasteiger partial charge < -0.3 is 41.5 Å². The Kier molecular flexibility index (Phi) is 16.7. The summed E-state index contributed by atoms with van der Waals surface area (Å²) >= 11 is 0. The van der Waals surface area contributed by atoms with Crippen LogP contribution in [0.25, 0.3) is 0 Å². The zero-order chi connectivity index (χ0) is 28.2. The minimum atomic E-state index is -5.40. The third-order valence-electron chi connectivity index (χ3n) is 3.99. The summed E-state index contributed by atoms with van der Waals surface area (Å²) in [4.78, 5) is 4.55. The molecule has 1 saturated carbocycles. The molecule has 26 heteroatoms. The summed E-state index contributed by atoms with van der Waals surface area (Å²) < 4.78 is 137. The Morgan fingerprint density at radius 1 is 0.703 bits per heavy atom. The van der Waals surface area contributed by atoms with Gasteiger partial charge in [-0.25, -0.2) is 13.6 Å². The molecule has 7 N–H and O–H groups in total. The molecule has 6 atom stereocenters. The van der Waals surface area contributed by atoms with E-state index in [0.717, 1.165) is 0 Å². The maximum atomic E-state index is 11.6. The van der Waals surface area contributed by atoms with E-state index < -0.39 is 100 Å². The molecule has 1 aliphatic carbocycles. The molecule has 37 heavy (non-hydrogen) atoms.